The van der Waals surface area contributed by atoms with Gasteiger partial charge in [-0.2, -0.15) is 0 Å². The van der Waals surface area contributed by atoms with E-state index in [9.17, 15) is 9.59 Å². The van der Waals surface area contributed by atoms with E-state index < -0.39 is 11.9 Å². The van der Waals surface area contributed by atoms with Gasteiger partial charge in [0.15, 0.2) is 5.13 Å². The molecule has 10 heteroatoms. The predicted molar refractivity (Wildman–Crippen MR) is 152 cm³/mol. The quantitative estimate of drug-likeness (QED) is 0.212. The number of thiazole rings is 1. The zero-order chi connectivity index (χ0) is 27.8. The van der Waals surface area contributed by atoms with Crippen LogP contribution in [0, 0.1) is 5.82 Å². The van der Waals surface area contributed by atoms with Crippen LogP contribution in [-0.4, -0.2) is 35.2 Å². The average molecular weight is 580 g/mol. The van der Waals surface area contributed by atoms with Crippen molar-refractivity contribution in [1.82, 2.24) is 4.98 Å². The second-order valence-electron chi connectivity index (χ2n) is 8.80. The lowest BCUT2D eigenvalue weighted by Gasteiger charge is -2.14. The summed E-state index contributed by atoms with van der Waals surface area (Å²) in [4.78, 5) is 28.3. The fourth-order valence-corrected chi connectivity index (χ4v) is 5.25. The van der Waals surface area contributed by atoms with Gasteiger partial charge in [-0.25, -0.2) is 14.2 Å². The van der Waals surface area contributed by atoms with E-state index in [1.54, 1.807) is 30.7 Å². The molecule has 3 aromatic rings. The number of carboxylic acids is 1. The molecule has 1 amide bonds. The molecule has 0 saturated carbocycles. The molecule has 2 N–H and O–H groups in total. The molecule has 0 aliphatic heterocycles. The van der Waals surface area contributed by atoms with Gasteiger partial charge >= 0.3 is 5.97 Å². The second kappa shape index (κ2) is 13.8. The van der Waals surface area contributed by atoms with E-state index in [0.717, 1.165) is 25.7 Å². The van der Waals surface area contributed by atoms with Crippen LogP contribution in [-0.2, 0) is 16.0 Å². The normalized spacial score (nSPS) is 12.4. The number of benzene rings is 2. The number of hydrogen-bond donors (Lipinski definition) is 2. The first kappa shape index (κ1) is 29.8. The molecule has 0 saturated heterocycles. The first-order chi connectivity index (χ1) is 18.1. The summed E-state index contributed by atoms with van der Waals surface area (Å²) >= 11 is 13.7. The number of aromatic nitrogens is 1. The molecule has 0 radical (unpaired) electrons. The molecule has 0 spiro atoms. The highest BCUT2D eigenvalue weighted by Crippen LogP contribution is 2.31. The summed E-state index contributed by atoms with van der Waals surface area (Å²) in [7, 11) is 1.71. The van der Waals surface area contributed by atoms with Gasteiger partial charge in [-0.1, -0.05) is 48.7 Å². The molecule has 0 aliphatic carbocycles. The number of anilines is 1. The first-order valence-corrected chi connectivity index (χ1v) is 13.8. The van der Waals surface area contributed by atoms with E-state index in [1.807, 2.05) is 0 Å². The Balaban J connectivity index is 1.72. The third-order valence-electron chi connectivity index (χ3n) is 6.03. The molecular formula is C28H29Cl2FN2O4S. The molecule has 0 aliphatic rings. The van der Waals surface area contributed by atoms with E-state index in [0.29, 0.717) is 28.8 Å². The monoisotopic (exact) mass is 578 g/mol. The standard InChI is InChI=1S/C28H29Cl2FN2O4S/c1-4-7-19(37-3)10-5-8-17-9-6-11-20(25(17)31)24-15-38-28(32-24)33-26(34)18-13-22(29)21(23(30)14-18)12-16(2)27(35)36/h6,9,11-15,19H,4-5,7-8,10H2,1-3H3,(H,35,36)(H,32,33,34). The highest BCUT2D eigenvalue weighted by Gasteiger charge is 2.17. The lowest BCUT2D eigenvalue weighted by Crippen LogP contribution is -2.12. The average Bonchev–Trinajstić information content (AvgIpc) is 3.34. The lowest BCUT2D eigenvalue weighted by atomic mass is 10.0. The molecule has 3 rings (SSSR count). The summed E-state index contributed by atoms with van der Waals surface area (Å²) < 4.78 is 20.8. The van der Waals surface area contributed by atoms with Gasteiger partial charge in [0, 0.05) is 34.8 Å². The van der Waals surface area contributed by atoms with Gasteiger partial charge in [0.2, 0.25) is 0 Å². The van der Waals surface area contributed by atoms with Crippen LogP contribution >= 0.6 is 34.5 Å². The molecule has 1 atom stereocenters. The van der Waals surface area contributed by atoms with E-state index in [1.165, 1.54) is 36.5 Å². The largest absolute Gasteiger partial charge is 0.478 e. The third kappa shape index (κ3) is 7.63. The second-order valence-corrected chi connectivity index (χ2v) is 10.5. The predicted octanol–water partition coefficient (Wildman–Crippen LogP) is 8.13. The Morgan fingerprint density at radius 1 is 1.24 bits per heavy atom. The molecule has 1 unspecified atom stereocenters. The van der Waals surface area contributed by atoms with E-state index >= 15 is 4.39 Å². The zero-order valence-corrected chi connectivity index (χ0v) is 23.6. The minimum atomic E-state index is -1.10. The van der Waals surface area contributed by atoms with E-state index in [-0.39, 0.29) is 38.2 Å². The van der Waals surface area contributed by atoms with Crippen LogP contribution in [0.5, 0.6) is 0 Å². The Labute approximate surface area is 235 Å². The maximum Gasteiger partial charge on any atom is 0.331 e. The van der Waals surface area contributed by atoms with Crippen LogP contribution in [0.15, 0.2) is 41.3 Å². The fourth-order valence-electron chi connectivity index (χ4n) is 3.95. The summed E-state index contributed by atoms with van der Waals surface area (Å²) in [6.07, 6.45) is 5.82. The number of halogens is 3. The Hall–Kier alpha value is -2.78. The Morgan fingerprint density at radius 3 is 2.58 bits per heavy atom. The van der Waals surface area contributed by atoms with Gasteiger partial charge in [0.1, 0.15) is 5.82 Å². The van der Waals surface area contributed by atoms with Gasteiger partial charge in [0.05, 0.1) is 21.8 Å². The van der Waals surface area contributed by atoms with Crippen molar-refractivity contribution in [2.45, 2.75) is 52.1 Å². The van der Waals surface area contributed by atoms with Crippen molar-refractivity contribution in [3.8, 4) is 11.3 Å². The number of ether oxygens (including phenoxy) is 1. The van der Waals surface area contributed by atoms with Crippen LogP contribution in [0.2, 0.25) is 10.0 Å². The Morgan fingerprint density at radius 2 is 1.95 bits per heavy atom. The number of rotatable bonds is 12. The lowest BCUT2D eigenvalue weighted by molar-refractivity contribution is -0.132. The molecule has 0 fully saturated rings. The number of carbonyl (C=O) groups excluding carboxylic acids is 1. The van der Waals surface area contributed by atoms with Crippen LogP contribution in [0.4, 0.5) is 9.52 Å². The van der Waals surface area contributed by atoms with Crippen molar-refractivity contribution in [3.63, 3.8) is 0 Å². The minimum Gasteiger partial charge on any atom is -0.478 e. The SMILES string of the molecule is CCCC(CCCc1cccc(-c2csc(NC(=O)c3cc(Cl)c(C=C(C)C(=O)O)c(Cl)c3)n2)c1F)OC. The van der Waals surface area contributed by atoms with Crippen LogP contribution in [0.3, 0.4) is 0 Å². The molecular weight excluding hydrogens is 550 g/mol. The number of carboxylic acid groups (broad SMARTS) is 1. The number of amides is 1. The van der Waals surface area contributed by atoms with Crippen LogP contribution < -0.4 is 5.32 Å². The van der Waals surface area contributed by atoms with Gasteiger partial charge in [0.25, 0.3) is 5.91 Å². The summed E-state index contributed by atoms with van der Waals surface area (Å²) in [5.41, 5.74) is 1.93. The highest BCUT2D eigenvalue weighted by atomic mass is 35.5. The summed E-state index contributed by atoms with van der Waals surface area (Å²) in [5.74, 6) is -1.93. The smallest absolute Gasteiger partial charge is 0.331 e. The number of aryl methyl sites for hydroxylation is 1. The van der Waals surface area contributed by atoms with Gasteiger partial charge in [-0.15, -0.1) is 11.3 Å². The molecule has 1 heterocycles. The molecule has 202 valence electrons. The van der Waals surface area contributed by atoms with Crippen molar-refractivity contribution >= 4 is 57.6 Å². The zero-order valence-electron chi connectivity index (χ0n) is 21.3. The van der Waals surface area contributed by atoms with Gasteiger partial charge in [-0.05, 0) is 62.4 Å². The third-order valence-corrected chi connectivity index (χ3v) is 7.42. The van der Waals surface area contributed by atoms with Crippen molar-refractivity contribution in [2.75, 3.05) is 12.4 Å². The maximum atomic E-state index is 15.3. The number of hydrogen-bond acceptors (Lipinski definition) is 5. The number of methoxy groups -OCH3 is 1. The first-order valence-electron chi connectivity index (χ1n) is 12.1. The van der Waals surface area contributed by atoms with Crippen molar-refractivity contribution in [2.24, 2.45) is 0 Å². The van der Waals surface area contributed by atoms with Crippen LogP contribution in [0.1, 0.15) is 61.0 Å². The molecule has 6 nitrogen and oxygen atoms in total. The molecule has 0 bridgehead atoms. The van der Waals surface area contributed by atoms with Gasteiger partial charge in [-0.3, -0.25) is 10.1 Å². The fraction of sp³-hybridized carbons (Fsp3) is 0.321. The summed E-state index contributed by atoms with van der Waals surface area (Å²) in [6.45, 7) is 3.53. The summed E-state index contributed by atoms with van der Waals surface area (Å²) in [6, 6.07) is 8.04. The number of aliphatic carboxylic acids is 1. The number of nitrogens with zero attached hydrogens (tertiary/aromatic N) is 1. The minimum absolute atomic E-state index is 0.0493. The van der Waals surface area contributed by atoms with Crippen molar-refractivity contribution in [1.29, 1.82) is 0 Å². The van der Waals surface area contributed by atoms with Gasteiger partial charge < -0.3 is 9.84 Å². The molecule has 1 aromatic heterocycles. The molecule has 2 aromatic carbocycles. The molecule has 38 heavy (non-hydrogen) atoms. The Kier molecular flexibility index (Phi) is 10.8. The van der Waals surface area contributed by atoms with E-state index in [4.69, 9.17) is 33.0 Å². The topological polar surface area (TPSA) is 88.5 Å². The van der Waals surface area contributed by atoms with E-state index in [2.05, 4.69) is 17.2 Å². The van der Waals surface area contributed by atoms with Crippen molar-refractivity contribution in [3.05, 3.63) is 73.8 Å². The van der Waals surface area contributed by atoms with Crippen LogP contribution in [0.25, 0.3) is 17.3 Å². The Bertz CT molecular complexity index is 1320. The summed E-state index contributed by atoms with van der Waals surface area (Å²) in [5, 5.41) is 14.0. The van der Waals surface area contributed by atoms with Crippen molar-refractivity contribution < 1.29 is 23.8 Å². The number of carbonyl (C=O) groups is 2. The maximum absolute atomic E-state index is 15.3. The number of nitrogens with one attached hydrogen (secondary N) is 1. The highest BCUT2D eigenvalue weighted by molar-refractivity contribution is 7.14.